The summed E-state index contributed by atoms with van der Waals surface area (Å²) in [6.07, 6.45) is 0. The van der Waals surface area contributed by atoms with Crippen LogP contribution in [0, 0.1) is 0 Å². The Labute approximate surface area is 167 Å². The van der Waals surface area contributed by atoms with Crippen LogP contribution in [-0.4, -0.2) is 9.55 Å². The molecule has 2 aromatic carbocycles. The van der Waals surface area contributed by atoms with Gasteiger partial charge in [0.2, 0.25) is 0 Å². The van der Waals surface area contributed by atoms with Crippen LogP contribution in [0.15, 0.2) is 73.1 Å². The Balaban J connectivity index is 1.64. The maximum atomic E-state index is 12.5. The van der Waals surface area contributed by atoms with E-state index in [0.29, 0.717) is 21.9 Å². The van der Waals surface area contributed by atoms with Crippen LogP contribution in [0.5, 0.6) is 0 Å². The predicted molar refractivity (Wildman–Crippen MR) is 114 cm³/mol. The molecule has 0 bridgehead atoms. The first kappa shape index (κ1) is 17.2. The molecule has 0 spiro atoms. The van der Waals surface area contributed by atoms with Crippen LogP contribution in [-0.2, 0) is 12.8 Å². The molecule has 0 amide bonds. The summed E-state index contributed by atoms with van der Waals surface area (Å²) >= 11 is 2.89. The highest BCUT2D eigenvalue weighted by Gasteiger charge is 2.13. The third kappa shape index (κ3) is 2.75. The zero-order valence-corrected chi connectivity index (χ0v) is 16.5. The van der Waals surface area contributed by atoms with Crippen molar-refractivity contribution >= 4 is 55.1 Å². The van der Waals surface area contributed by atoms with Crippen molar-refractivity contribution in [1.82, 2.24) is 9.55 Å². The lowest BCUT2D eigenvalue weighted by atomic mass is 10.0. The lowest BCUT2D eigenvalue weighted by Crippen LogP contribution is -2.19. The van der Waals surface area contributed by atoms with E-state index in [1.165, 1.54) is 29.2 Å². The third-order valence-electron chi connectivity index (χ3n) is 4.74. The van der Waals surface area contributed by atoms with E-state index in [9.17, 15) is 9.59 Å². The summed E-state index contributed by atoms with van der Waals surface area (Å²) in [4.78, 5) is 29.9. The van der Waals surface area contributed by atoms with Crippen molar-refractivity contribution < 1.29 is 4.42 Å². The first-order chi connectivity index (χ1) is 13.6. The van der Waals surface area contributed by atoms with E-state index in [1.807, 2.05) is 41.8 Å². The lowest BCUT2D eigenvalue weighted by molar-refractivity contribution is 0.560. The SMILES string of the molecule is Cn1c(SCc2cc(=O)oc3ccc4ccccc4c23)nc2sccc2c1=O. The molecule has 0 aliphatic carbocycles. The van der Waals surface area contributed by atoms with Crippen molar-refractivity contribution in [1.29, 1.82) is 0 Å². The molecule has 0 fully saturated rings. The van der Waals surface area contributed by atoms with Gasteiger partial charge in [0, 0.05) is 24.3 Å². The molecule has 0 saturated heterocycles. The number of fused-ring (bicyclic) bond motifs is 4. The minimum atomic E-state index is -0.381. The quantitative estimate of drug-likeness (QED) is 0.190. The van der Waals surface area contributed by atoms with Gasteiger partial charge in [-0.1, -0.05) is 42.1 Å². The summed E-state index contributed by atoms with van der Waals surface area (Å²) in [6, 6.07) is 15.1. The van der Waals surface area contributed by atoms with Crippen LogP contribution in [0.1, 0.15) is 5.56 Å². The number of nitrogens with zero attached hydrogens (tertiary/aromatic N) is 2. The Hall–Kier alpha value is -2.90. The predicted octanol–water partition coefficient (Wildman–Crippen LogP) is 4.55. The van der Waals surface area contributed by atoms with Gasteiger partial charge < -0.3 is 4.42 Å². The molecule has 5 nitrogen and oxygen atoms in total. The molecule has 0 saturated carbocycles. The van der Waals surface area contributed by atoms with Crippen LogP contribution in [0.2, 0.25) is 0 Å². The largest absolute Gasteiger partial charge is 0.423 e. The zero-order valence-electron chi connectivity index (χ0n) is 14.8. The molecule has 0 atom stereocenters. The fourth-order valence-corrected chi connectivity index (χ4v) is 5.14. The van der Waals surface area contributed by atoms with Gasteiger partial charge >= 0.3 is 5.63 Å². The molecule has 5 rings (SSSR count). The van der Waals surface area contributed by atoms with Crippen LogP contribution < -0.4 is 11.2 Å². The van der Waals surface area contributed by atoms with Gasteiger partial charge in [0.25, 0.3) is 5.56 Å². The molecular weight excluding hydrogens is 392 g/mol. The Kier molecular flexibility index (Phi) is 4.07. The second-order valence-electron chi connectivity index (χ2n) is 6.44. The summed E-state index contributed by atoms with van der Waals surface area (Å²) in [5, 5.41) is 6.17. The molecule has 5 aromatic rings. The molecule has 0 radical (unpaired) electrons. The average molecular weight is 406 g/mol. The Morgan fingerprint density at radius 1 is 1.11 bits per heavy atom. The highest BCUT2D eigenvalue weighted by molar-refractivity contribution is 7.98. The molecule has 0 aliphatic rings. The van der Waals surface area contributed by atoms with E-state index in [2.05, 4.69) is 4.98 Å². The third-order valence-corrected chi connectivity index (χ3v) is 6.62. The number of aromatic nitrogens is 2. The van der Waals surface area contributed by atoms with Gasteiger partial charge in [0.05, 0.1) is 5.39 Å². The van der Waals surface area contributed by atoms with Crippen molar-refractivity contribution in [2.24, 2.45) is 7.05 Å². The van der Waals surface area contributed by atoms with E-state index in [1.54, 1.807) is 17.7 Å². The van der Waals surface area contributed by atoms with Gasteiger partial charge in [-0.05, 0) is 33.8 Å². The maximum absolute atomic E-state index is 12.5. The Morgan fingerprint density at radius 2 is 1.96 bits per heavy atom. The van der Waals surface area contributed by atoms with Gasteiger partial charge in [0.15, 0.2) is 5.16 Å². The summed E-state index contributed by atoms with van der Waals surface area (Å²) in [6.45, 7) is 0. The topological polar surface area (TPSA) is 65.1 Å². The fraction of sp³-hybridized carbons (Fsp3) is 0.0952. The van der Waals surface area contributed by atoms with Crippen molar-refractivity contribution in [2.75, 3.05) is 0 Å². The number of benzene rings is 2. The standard InChI is InChI=1S/C21H14N2O3S2/c1-23-20(25)15-8-9-27-19(15)22-21(23)28-11-13-10-17(24)26-16-7-6-12-4-2-3-5-14(12)18(13)16/h2-10H,11H2,1H3. The molecule has 0 N–H and O–H groups in total. The summed E-state index contributed by atoms with van der Waals surface area (Å²) in [7, 11) is 1.72. The van der Waals surface area contributed by atoms with Crippen LogP contribution >= 0.6 is 23.1 Å². The molecule has 28 heavy (non-hydrogen) atoms. The van der Waals surface area contributed by atoms with Crippen LogP contribution in [0.4, 0.5) is 0 Å². The maximum Gasteiger partial charge on any atom is 0.336 e. The molecule has 3 heterocycles. The highest BCUT2D eigenvalue weighted by atomic mass is 32.2. The fourth-order valence-electron chi connectivity index (χ4n) is 3.39. The Morgan fingerprint density at radius 3 is 2.86 bits per heavy atom. The van der Waals surface area contributed by atoms with Crippen molar-refractivity contribution in [3.63, 3.8) is 0 Å². The van der Waals surface area contributed by atoms with Gasteiger partial charge in [-0.2, -0.15) is 0 Å². The van der Waals surface area contributed by atoms with Crippen molar-refractivity contribution in [3.8, 4) is 0 Å². The summed E-state index contributed by atoms with van der Waals surface area (Å²) < 4.78 is 6.98. The first-order valence-electron chi connectivity index (χ1n) is 8.63. The van der Waals surface area contributed by atoms with Gasteiger partial charge in [-0.3, -0.25) is 9.36 Å². The Bertz CT molecular complexity index is 1480. The van der Waals surface area contributed by atoms with Crippen molar-refractivity contribution in [3.05, 3.63) is 80.2 Å². The number of thioether (sulfide) groups is 1. The summed E-state index contributed by atoms with van der Waals surface area (Å²) in [5.41, 5.74) is 0.997. The van der Waals surface area contributed by atoms with E-state index >= 15 is 0 Å². The van der Waals surface area contributed by atoms with E-state index < -0.39 is 0 Å². The van der Waals surface area contributed by atoms with Gasteiger partial charge in [-0.15, -0.1) is 11.3 Å². The molecule has 0 unspecified atom stereocenters. The second-order valence-corrected chi connectivity index (χ2v) is 8.27. The zero-order chi connectivity index (χ0) is 19.3. The second kappa shape index (κ2) is 6.61. The minimum absolute atomic E-state index is 0.0587. The monoisotopic (exact) mass is 406 g/mol. The normalized spacial score (nSPS) is 11.6. The molecular formula is C21H14N2O3S2. The molecule has 7 heteroatoms. The summed E-state index contributed by atoms with van der Waals surface area (Å²) in [5.74, 6) is 0.507. The van der Waals surface area contributed by atoms with E-state index in [4.69, 9.17) is 4.42 Å². The lowest BCUT2D eigenvalue weighted by Gasteiger charge is -2.10. The average Bonchev–Trinajstić information content (AvgIpc) is 3.17. The number of hydrogen-bond acceptors (Lipinski definition) is 6. The smallest absolute Gasteiger partial charge is 0.336 e. The molecule has 0 aliphatic heterocycles. The minimum Gasteiger partial charge on any atom is -0.423 e. The molecule has 138 valence electrons. The first-order valence-corrected chi connectivity index (χ1v) is 10.5. The van der Waals surface area contributed by atoms with Gasteiger partial charge in [0.1, 0.15) is 10.4 Å². The number of rotatable bonds is 3. The molecule has 3 aromatic heterocycles. The van der Waals surface area contributed by atoms with E-state index in [0.717, 1.165) is 26.6 Å². The number of thiophene rings is 1. The van der Waals surface area contributed by atoms with Crippen LogP contribution in [0.3, 0.4) is 0 Å². The van der Waals surface area contributed by atoms with E-state index in [-0.39, 0.29) is 11.2 Å². The van der Waals surface area contributed by atoms with Crippen molar-refractivity contribution in [2.45, 2.75) is 10.9 Å². The number of hydrogen-bond donors (Lipinski definition) is 0. The van der Waals surface area contributed by atoms with Gasteiger partial charge in [-0.25, -0.2) is 9.78 Å². The van der Waals surface area contributed by atoms with Crippen LogP contribution in [0.25, 0.3) is 32.0 Å². The highest BCUT2D eigenvalue weighted by Crippen LogP contribution is 2.31.